The lowest BCUT2D eigenvalue weighted by Crippen LogP contribution is -2.39. The number of rotatable bonds is 9. The molecule has 1 atom stereocenters. The molecular formula is C33H29BrCl2N2O5S. The SMILES string of the molecule is CCOC(=O)C1=C(C)N=c2s/c(=C\c3ccc(OCc4ccc(Cl)cc4Cl)c(Br)c3)c(=O)n2[C@@H]1c1ccc(OC(C)C)cc1. The number of hydrogen-bond acceptors (Lipinski definition) is 7. The number of allylic oxidation sites excluding steroid dienone is 1. The van der Waals surface area contributed by atoms with Crippen molar-refractivity contribution in [1.82, 2.24) is 4.57 Å². The molecule has 5 rings (SSSR count). The van der Waals surface area contributed by atoms with Gasteiger partial charge in [-0.2, -0.15) is 0 Å². The summed E-state index contributed by atoms with van der Waals surface area (Å²) in [6.07, 6.45) is 1.81. The molecule has 0 saturated carbocycles. The van der Waals surface area contributed by atoms with Gasteiger partial charge in [0, 0.05) is 15.6 Å². The minimum atomic E-state index is -0.706. The lowest BCUT2D eigenvalue weighted by molar-refractivity contribution is -0.139. The van der Waals surface area contributed by atoms with E-state index in [0.717, 1.165) is 16.7 Å². The summed E-state index contributed by atoms with van der Waals surface area (Å²) in [4.78, 5) is 32.2. The Bertz CT molecular complexity index is 1930. The van der Waals surface area contributed by atoms with Crippen LogP contribution >= 0.6 is 50.5 Å². The van der Waals surface area contributed by atoms with Crippen LogP contribution in [0.4, 0.5) is 0 Å². The number of ether oxygens (including phenoxy) is 3. The van der Waals surface area contributed by atoms with Crippen molar-refractivity contribution in [3.63, 3.8) is 0 Å². The molecule has 0 radical (unpaired) electrons. The van der Waals surface area contributed by atoms with Crippen LogP contribution in [0.15, 0.2) is 86.2 Å². The summed E-state index contributed by atoms with van der Waals surface area (Å²) in [5.41, 5.74) is 2.91. The van der Waals surface area contributed by atoms with Gasteiger partial charge in [0.25, 0.3) is 5.56 Å². The summed E-state index contributed by atoms with van der Waals surface area (Å²) in [6.45, 7) is 7.88. The number of carbonyl (C=O) groups is 1. The fourth-order valence-corrected chi connectivity index (χ4v) is 6.80. The van der Waals surface area contributed by atoms with Crippen LogP contribution in [-0.2, 0) is 16.1 Å². The van der Waals surface area contributed by atoms with Gasteiger partial charge >= 0.3 is 5.97 Å². The van der Waals surface area contributed by atoms with Crippen LogP contribution < -0.4 is 24.4 Å². The Labute approximate surface area is 277 Å². The summed E-state index contributed by atoms with van der Waals surface area (Å²) < 4.78 is 19.9. The van der Waals surface area contributed by atoms with Gasteiger partial charge in [-0.3, -0.25) is 9.36 Å². The summed E-state index contributed by atoms with van der Waals surface area (Å²) in [5.74, 6) is 0.813. The van der Waals surface area contributed by atoms with E-state index in [1.165, 1.54) is 11.3 Å². The van der Waals surface area contributed by atoms with E-state index in [4.69, 9.17) is 37.4 Å². The van der Waals surface area contributed by atoms with Crippen molar-refractivity contribution in [2.75, 3.05) is 6.61 Å². The molecule has 0 amide bonds. The van der Waals surface area contributed by atoms with Crippen molar-refractivity contribution in [3.05, 3.63) is 123 Å². The normalized spacial score (nSPS) is 14.8. The molecule has 0 aliphatic carbocycles. The monoisotopic (exact) mass is 714 g/mol. The lowest BCUT2D eigenvalue weighted by Gasteiger charge is -2.25. The topological polar surface area (TPSA) is 79.1 Å². The van der Waals surface area contributed by atoms with E-state index in [1.807, 2.05) is 62.4 Å². The summed E-state index contributed by atoms with van der Waals surface area (Å²) in [6, 6.07) is 17.5. The highest BCUT2D eigenvalue weighted by atomic mass is 79.9. The minimum Gasteiger partial charge on any atom is -0.491 e. The van der Waals surface area contributed by atoms with E-state index < -0.39 is 12.0 Å². The van der Waals surface area contributed by atoms with Gasteiger partial charge in [0.15, 0.2) is 4.80 Å². The first-order valence-electron chi connectivity index (χ1n) is 13.9. The number of thiazole rings is 1. The van der Waals surface area contributed by atoms with Crippen molar-refractivity contribution >= 4 is 62.5 Å². The van der Waals surface area contributed by atoms with Crippen LogP contribution in [0, 0.1) is 0 Å². The standard InChI is InChI=1S/C33H29BrCl2N2O5S/c1-5-41-32(40)29-19(4)37-33-38(30(29)21-8-11-24(12-9-21)43-18(2)3)31(39)28(44-33)15-20-6-13-27(25(34)14-20)42-17-22-7-10-23(35)16-26(22)36/h6-16,18,30H,5,17H2,1-4H3/b28-15-/t30-/m1/s1. The van der Waals surface area contributed by atoms with Gasteiger partial charge in [-0.05, 0) is 97.2 Å². The van der Waals surface area contributed by atoms with E-state index in [1.54, 1.807) is 36.6 Å². The third kappa shape index (κ3) is 6.96. The van der Waals surface area contributed by atoms with Gasteiger partial charge < -0.3 is 14.2 Å². The Balaban J connectivity index is 1.50. The van der Waals surface area contributed by atoms with Crippen LogP contribution in [0.1, 0.15) is 50.4 Å². The van der Waals surface area contributed by atoms with Crippen LogP contribution in [0.25, 0.3) is 6.08 Å². The maximum absolute atomic E-state index is 13.9. The predicted octanol–water partition coefficient (Wildman–Crippen LogP) is 7.23. The number of halogens is 3. The molecule has 0 unspecified atom stereocenters. The van der Waals surface area contributed by atoms with Crippen LogP contribution in [-0.4, -0.2) is 23.2 Å². The lowest BCUT2D eigenvalue weighted by atomic mass is 9.96. The molecule has 0 spiro atoms. The molecule has 1 aliphatic heterocycles. The van der Waals surface area contributed by atoms with Crippen molar-refractivity contribution in [2.45, 2.75) is 46.4 Å². The molecule has 4 aromatic rings. The van der Waals surface area contributed by atoms with E-state index in [2.05, 4.69) is 20.9 Å². The average Bonchev–Trinajstić information content (AvgIpc) is 3.26. The Hall–Kier alpha value is -3.37. The molecule has 3 aromatic carbocycles. The molecule has 0 saturated heterocycles. The zero-order valence-electron chi connectivity index (χ0n) is 24.4. The highest BCUT2D eigenvalue weighted by molar-refractivity contribution is 9.10. The van der Waals surface area contributed by atoms with E-state index in [-0.39, 0.29) is 24.9 Å². The zero-order valence-corrected chi connectivity index (χ0v) is 28.3. The molecule has 7 nitrogen and oxygen atoms in total. The first-order valence-corrected chi connectivity index (χ1v) is 16.2. The second-order valence-corrected chi connectivity index (χ2v) is 13.0. The van der Waals surface area contributed by atoms with Gasteiger partial charge in [-0.1, -0.05) is 58.8 Å². The molecular weight excluding hydrogens is 687 g/mol. The number of carbonyl (C=O) groups excluding carboxylic acids is 1. The smallest absolute Gasteiger partial charge is 0.338 e. The maximum atomic E-state index is 13.9. The summed E-state index contributed by atoms with van der Waals surface area (Å²) in [7, 11) is 0. The van der Waals surface area contributed by atoms with Gasteiger partial charge in [-0.15, -0.1) is 0 Å². The Morgan fingerprint density at radius 2 is 1.86 bits per heavy atom. The van der Waals surface area contributed by atoms with E-state index in [0.29, 0.717) is 46.6 Å². The molecule has 11 heteroatoms. The van der Waals surface area contributed by atoms with Crippen molar-refractivity contribution in [1.29, 1.82) is 0 Å². The molecule has 1 aromatic heterocycles. The second-order valence-electron chi connectivity index (χ2n) is 10.3. The van der Waals surface area contributed by atoms with Crippen molar-refractivity contribution in [2.24, 2.45) is 4.99 Å². The van der Waals surface area contributed by atoms with Crippen LogP contribution in [0.3, 0.4) is 0 Å². The summed E-state index contributed by atoms with van der Waals surface area (Å²) in [5, 5.41) is 1.09. The highest BCUT2D eigenvalue weighted by Crippen LogP contribution is 2.32. The molecule has 44 heavy (non-hydrogen) atoms. The number of esters is 1. The first kappa shape index (κ1) is 32.0. The largest absolute Gasteiger partial charge is 0.491 e. The summed E-state index contributed by atoms with van der Waals surface area (Å²) >= 11 is 17.1. The van der Waals surface area contributed by atoms with Crippen LogP contribution in [0.2, 0.25) is 10.0 Å². The highest BCUT2D eigenvalue weighted by Gasteiger charge is 2.33. The molecule has 2 heterocycles. The maximum Gasteiger partial charge on any atom is 0.338 e. The van der Waals surface area contributed by atoms with Crippen molar-refractivity contribution in [3.8, 4) is 11.5 Å². The minimum absolute atomic E-state index is 0.0124. The van der Waals surface area contributed by atoms with Crippen molar-refractivity contribution < 1.29 is 19.0 Å². The molecule has 0 fully saturated rings. The van der Waals surface area contributed by atoms with Gasteiger partial charge in [0.1, 0.15) is 18.1 Å². The fourth-order valence-electron chi connectivity index (χ4n) is 4.78. The number of aromatic nitrogens is 1. The van der Waals surface area contributed by atoms with Gasteiger partial charge in [0.05, 0.1) is 39.0 Å². The second kappa shape index (κ2) is 13.7. The molecule has 0 bridgehead atoms. The number of nitrogens with zero attached hydrogens (tertiary/aromatic N) is 2. The molecule has 0 N–H and O–H groups in total. The number of hydrogen-bond donors (Lipinski definition) is 0. The zero-order chi connectivity index (χ0) is 31.5. The third-order valence-corrected chi connectivity index (χ3v) is 8.93. The van der Waals surface area contributed by atoms with E-state index in [9.17, 15) is 9.59 Å². The third-order valence-electron chi connectivity index (χ3n) is 6.74. The Morgan fingerprint density at radius 1 is 1.11 bits per heavy atom. The first-order chi connectivity index (χ1) is 21.0. The van der Waals surface area contributed by atoms with Gasteiger partial charge in [0.2, 0.25) is 0 Å². The molecule has 228 valence electrons. The molecule has 1 aliphatic rings. The van der Waals surface area contributed by atoms with E-state index >= 15 is 0 Å². The number of fused-ring (bicyclic) bond motifs is 1. The number of benzene rings is 3. The van der Waals surface area contributed by atoms with Gasteiger partial charge in [-0.25, -0.2) is 9.79 Å². The fraction of sp³-hybridized carbons (Fsp3) is 0.242. The quantitative estimate of drug-likeness (QED) is 0.171. The Kier molecular flexibility index (Phi) is 10.00. The van der Waals surface area contributed by atoms with Crippen LogP contribution in [0.5, 0.6) is 11.5 Å². The average molecular weight is 716 g/mol. The predicted molar refractivity (Wildman–Crippen MR) is 178 cm³/mol. The Morgan fingerprint density at radius 3 is 2.52 bits per heavy atom.